The van der Waals surface area contributed by atoms with Crippen molar-refractivity contribution in [3.05, 3.63) is 94.5 Å². The van der Waals surface area contributed by atoms with E-state index in [9.17, 15) is 4.79 Å². The fraction of sp³-hybridized carbons (Fsp3) is 0.138. The molecule has 7 heteroatoms. The molecule has 3 aromatic carbocycles. The quantitative estimate of drug-likeness (QED) is 0.314. The van der Waals surface area contributed by atoms with Crippen LogP contribution in [0.25, 0.3) is 11.3 Å². The van der Waals surface area contributed by atoms with Crippen LogP contribution in [-0.4, -0.2) is 22.7 Å². The molecule has 1 unspecified atom stereocenters. The summed E-state index contributed by atoms with van der Waals surface area (Å²) in [7, 11) is 0. The minimum atomic E-state index is -0.306. The van der Waals surface area contributed by atoms with Crippen molar-refractivity contribution in [2.45, 2.75) is 19.3 Å². The lowest BCUT2D eigenvalue weighted by molar-refractivity contribution is 0.102. The predicted octanol–water partition coefficient (Wildman–Crippen LogP) is 6.65. The van der Waals surface area contributed by atoms with Crippen LogP contribution in [0.2, 0.25) is 5.02 Å². The number of aryl methyl sites for hydroxylation is 1. The maximum absolute atomic E-state index is 12.7. The number of terminal acetylenes is 1. The fourth-order valence-corrected chi connectivity index (χ4v) is 4.12. The number of amides is 1. The third-order valence-electron chi connectivity index (χ3n) is 5.90. The molecule has 1 amide bonds. The van der Waals surface area contributed by atoms with Crippen LogP contribution in [0.5, 0.6) is 17.2 Å². The highest BCUT2D eigenvalue weighted by Crippen LogP contribution is 2.41. The van der Waals surface area contributed by atoms with Gasteiger partial charge in [-0.15, -0.1) is 16.6 Å². The number of rotatable bonds is 5. The number of ether oxygens (including phenoxy) is 2. The lowest BCUT2D eigenvalue weighted by Crippen LogP contribution is -2.13. The lowest BCUT2D eigenvalue weighted by Gasteiger charge is -2.23. The molecule has 36 heavy (non-hydrogen) atoms. The second kappa shape index (κ2) is 10.1. The normalized spacial score (nSPS) is 14.2. The van der Waals surface area contributed by atoms with Gasteiger partial charge in [-0.2, -0.15) is 0 Å². The van der Waals surface area contributed by atoms with Crippen LogP contribution in [0, 0.1) is 19.3 Å². The summed E-state index contributed by atoms with van der Waals surface area (Å²) in [4.78, 5) is 12.7. The summed E-state index contributed by atoms with van der Waals surface area (Å²) in [5, 5.41) is 11.5. The van der Waals surface area contributed by atoms with Gasteiger partial charge in [0.1, 0.15) is 17.2 Å². The van der Waals surface area contributed by atoms with Gasteiger partial charge in [0.15, 0.2) is 5.82 Å². The molecule has 5 rings (SSSR count). The highest BCUT2D eigenvalue weighted by Gasteiger charge is 2.22. The van der Waals surface area contributed by atoms with E-state index < -0.39 is 0 Å². The van der Waals surface area contributed by atoms with Crippen molar-refractivity contribution in [3.63, 3.8) is 0 Å². The van der Waals surface area contributed by atoms with E-state index in [0.29, 0.717) is 40.3 Å². The molecular formula is C29H22ClN3O3. The molecule has 2 heterocycles. The highest BCUT2D eigenvalue weighted by atomic mass is 35.5. The SMILES string of the molecule is C#CC1CCOc2cc(Oc3ccc(C(=O)Nc4ccc(-c5ccc(C)cc5)nn4)cc3)c(Cl)cc21. The number of carbonyl (C=O) groups excluding carboxylic acids is 1. The molecule has 0 saturated carbocycles. The molecule has 0 spiro atoms. The number of fused-ring (bicyclic) bond motifs is 1. The van der Waals surface area contributed by atoms with Gasteiger partial charge in [0.05, 0.1) is 23.2 Å². The number of halogens is 1. The maximum atomic E-state index is 12.7. The summed E-state index contributed by atoms with van der Waals surface area (Å²) in [5.41, 5.74) is 4.20. The first-order chi connectivity index (χ1) is 17.5. The number of anilines is 1. The summed E-state index contributed by atoms with van der Waals surface area (Å²) in [6, 6.07) is 21.8. The summed E-state index contributed by atoms with van der Waals surface area (Å²) < 4.78 is 11.7. The minimum absolute atomic E-state index is 0.0263. The predicted molar refractivity (Wildman–Crippen MR) is 140 cm³/mol. The van der Waals surface area contributed by atoms with Crippen LogP contribution >= 0.6 is 11.6 Å². The Morgan fingerprint density at radius 1 is 1.08 bits per heavy atom. The molecule has 1 aromatic heterocycles. The van der Waals surface area contributed by atoms with Gasteiger partial charge in [0.2, 0.25) is 0 Å². The molecule has 0 aliphatic carbocycles. The third-order valence-corrected chi connectivity index (χ3v) is 6.20. The van der Waals surface area contributed by atoms with E-state index in [4.69, 9.17) is 27.5 Å². The molecule has 6 nitrogen and oxygen atoms in total. The van der Waals surface area contributed by atoms with E-state index in [2.05, 4.69) is 21.4 Å². The first-order valence-corrected chi connectivity index (χ1v) is 11.8. The van der Waals surface area contributed by atoms with Crippen molar-refractivity contribution in [2.24, 2.45) is 0 Å². The highest BCUT2D eigenvalue weighted by molar-refractivity contribution is 6.32. The summed E-state index contributed by atoms with van der Waals surface area (Å²) in [6.45, 7) is 2.58. The van der Waals surface area contributed by atoms with Gasteiger partial charge in [-0.05, 0) is 55.8 Å². The minimum Gasteiger partial charge on any atom is -0.493 e. The Bertz CT molecular complexity index is 1440. The van der Waals surface area contributed by atoms with E-state index >= 15 is 0 Å². The standard InChI is InChI=1S/C29H22ClN3O3/c1-3-19-14-15-35-26-17-27(24(30)16-23(19)26)36-22-10-8-21(9-11-22)29(34)31-28-13-12-25(32-33-28)20-6-4-18(2)5-7-20/h1,4-13,16-17,19H,14-15H2,2H3,(H,31,33,34). The Balaban J connectivity index is 1.25. The average molecular weight is 496 g/mol. The van der Waals surface area contributed by atoms with Crippen molar-refractivity contribution in [3.8, 4) is 40.8 Å². The van der Waals surface area contributed by atoms with E-state index in [-0.39, 0.29) is 11.8 Å². The van der Waals surface area contributed by atoms with Gasteiger partial charge >= 0.3 is 0 Å². The number of nitrogens with one attached hydrogen (secondary N) is 1. The van der Waals surface area contributed by atoms with Crippen molar-refractivity contribution < 1.29 is 14.3 Å². The summed E-state index contributed by atoms with van der Waals surface area (Å²) >= 11 is 6.44. The van der Waals surface area contributed by atoms with Crippen molar-refractivity contribution in [1.29, 1.82) is 0 Å². The lowest BCUT2D eigenvalue weighted by atomic mass is 9.94. The fourth-order valence-electron chi connectivity index (χ4n) is 3.91. The molecule has 4 aromatic rings. The van der Waals surface area contributed by atoms with Gasteiger partial charge in [-0.1, -0.05) is 47.4 Å². The zero-order valence-corrected chi connectivity index (χ0v) is 20.3. The zero-order valence-electron chi connectivity index (χ0n) is 19.5. The smallest absolute Gasteiger partial charge is 0.256 e. The van der Waals surface area contributed by atoms with Gasteiger partial charge in [0.25, 0.3) is 5.91 Å². The molecular weight excluding hydrogens is 474 g/mol. The van der Waals surface area contributed by atoms with E-state index in [0.717, 1.165) is 23.2 Å². The van der Waals surface area contributed by atoms with Crippen LogP contribution in [0.1, 0.15) is 33.8 Å². The molecule has 0 radical (unpaired) electrons. The van der Waals surface area contributed by atoms with Gasteiger partial charge in [-0.25, -0.2) is 0 Å². The van der Waals surface area contributed by atoms with E-state index in [1.165, 1.54) is 5.56 Å². The number of carbonyl (C=O) groups is 1. The van der Waals surface area contributed by atoms with Crippen LogP contribution in [0.3, 0.4) is 0 Å². The molecule has 1 atom stereocenters. The Hall–Kier alpha value is -4.34. The Kier molecular flexibility index (Phi) is 6.57. The summed E-state index contributed by atoms with van der Waals surface area (Å²) in [6.07, 6.45) is 6.39. The van der Waals surface area contributed by atoms with Gasteiger partial charge in [0, 0.05) is 22.8 Å². The molecule has 1 aliphatic heterocycles. The van der Waals surface area contributed by atoms with Crippen molar-refractivity contribution in [1.82, 2.24) is 10.2 Å². The number of hydrogen-bond donors (Lipinski definition) is 1. The van der Waals surface area contributed by atoms with Crippen LogP contribution in [-0.2, 0) is 0 Å². The van der Waals surface area contributed by atoms with Crippen molar-refractivity contribution >= 4 is 23.3 Å². The average Bonchev–Trinajstić information content (AvgIpc) is 2.90. The van der Waals surface area contributed by atoms with E-state index in [1.54, 1.807) is 42.5 Å². The topological polar surface area (TPSA) is 73.3 Å². The monoisotopic (exact) mass is 495 g/mol. The maximum Gasteiger partial charge on any atom is 0.256 e. The molecule has 0 bridgehead atoms. The number of benzene rings is 3. The number of aromatic nitrogens is 2. The second-order valence-corrected chi connectivity index (χ2v) is 8.83. The molecule has 0 saturated heterocycles. The molecule has 0 fully saturated rings. The molecule has 1 N–H and O–H groups in total. The molecule has 178 valence electrons. The van der Waals surface area contributed by atoms with E-state index in [1.807, 2.05) is 37.3 Å². The van der Waals surface area contributed by atoms with Crippen LogP contribution in [0.4, 0.5) is 5.82 Å². The Morgan fingerprint density at radius 2 is 1.86 bits per heavy atom. The third kappa shape index (κ3) is 5.02. The van der Waals surface area contributed by atoms with Crippen molar-refractivity contribution in [2.75, 3.05) is 11.9 Å². The Labute approximate surface area is 214 Å². The molecule has 1 aliphatic rings. The Morgan fingerprint density at radius 3 is 2.56 bits per heavy atom. The van der Waals surface area contributed by atoms with Gasteiger partial charge < -0.3 is 14.8 Å². The van der Waals surface area contributed by atoms with Gasteiger partial charge in [-0.3, -0.25) is 4.79 Å². The van der Waals surface area contributed by atoms with Crippen LogP contribution < -0.4 is 14.8 Å². The number of hydrogen-bond acceptors (Lipinski definition) is 5. The first-order valence-electron chi connectivity index (χ1n) is 11.4. The van der Waals surface area contributed by atoms with Crippen LogP contribution in [0.15, 0.2) is 72.8 Å². The summed E-state index contributed by atoms with van der Waals surface area (Å²) in [5.74, 6) is 4.46. The second-order valence-electron chi connectivity index (χ2n) is 8.43. The zero-order chi connectivity index (χ0) is 25.1. The largest absolute Gasteiger partial charge is 0.493 e. The first kappa shape index (κ1) is 23.4. The number of nitrogens with zero attached hydrogens (tertiary/aromatic N) is 2.